The molecule has 0 unspecified atom stereocenters. The zero-order valence-corrected chi connectivity index (χ0v) is 13.8. The minimum atomic E-state index is 0.106. The molecule has 0 aliphatic heterocycles. The summed E-state index contributed by atoms with van der Waals surface area (Å²) in [4.78, 5) is 11.4. The maximum absolute atomic E-state index is 5.41. The second-order valence-electron chi connectivity index (χ2n) is 5.71. The van der Waals surface area contributed by atoms with Gasteiger partial charge in [-0.1, -0.05) is 12.1 Å². The third-order valence-corrected chi connectivity index (χ3v) is 4.11. The van der Waals surface area contributed by atoms with Crippen molar-refractivity contribution in [1.29, 1.82) is 0 Å². The maximum Gasteiger partial charge on any atom is 0.137 e. The van der Waals surface area contributed by atoms with E-state index in [9.17, 15) is 0 Å². The zero-order valence-electron chi connectivity index (χ0n) is 13.8. The fourth-order valence-corrected chi connectivity index (χ4v) is 2.87. The van der Waals surface area contributed by atoms with Crippen LogP contribution in [0.15, 0.2) is 48.8 Å². The number of imidazole rings is 1. The minimum absolute atomic E-state index is 0.106. The van der Waals surface area contributed by atoms with Crippen LogP contribution in [0.1, 0.15) is 23.1 Å². The number of nitrogens with zero attached hydrogens (tertiary/aromatic N) is 4. The Hall–Kier alpha value is -2.24. The Morgan fingerprint density at radius 2 is 2.04 bits per heavy atom. The molecule has 23 heavy (non-hydrogen) atoms. The fraction of sp³-hybridized carbons (Fsp3) is 0.333. The van der Waals surface area contributed by atoms with Crippen molar-refractivity contribution < 1.29 is 4.74 Å². The number of rotatable bonds is 6. The Morgan fingerprint density at radius 3 is 2.78 bits per heavy atom. The molecule has 0 amide bonds. The van der Waals surface area contributed by atoms with Crippen molar-refractivity contribution in [3.63, 3.8) is 0 Å². The summed E-state index contributed by atoms with van der Waals surface area (Å²) < 4.78 is 7.56. The normalized spacial score (nSPS) is 12.9. The summed E-state index contributed by atoms with van der Waals surface area (Å²) in [7, 11) is 3.82. The molecule has 3 heterocycles. The van der Waals surface area contributed by atoms with Crippen LogP contribution in [-0.4, -0.2) is 40.0 Å². The quantitative estimate of drug-likeness (QED) is 0.702. The summed E-state index contributed by atoms with van der Waals surface area (Å²) in [6.45, 7) is 3.44. The summed E-state index contributed by atoms with van der Waals surface area (Å²) >= 11 is 0. The summed E-state index contributed by atoms with van der Waals surface area (Å²) in [6, 6.07) is 12.2. The van der Waals surface area contributed by atoms with E-state index in [1.54, 1.807) is 7.11 Å². The zero-order chi connectivity index (χ0) is 16.2. The van der Waals surface area contributed by atoms with Crippen molar-refractivity contribution in [2.24, 2.45) is 0 Å². The Bertz CT molecular complexity index is 769. The SMILES string of the molecule is COC[C@@H](c1ccccn1)N(C)Cc1c(C)nc2ccccn12. The van der Waals surface area contributed by atoms with E-state index < -0.39 is 0 Å². The third-order valence-electron chi connectivity index (χ3n) is 4.11. The number of aromatic nitrogens is 3. The Morgan fingerprint density at radius 1 is 1.22 bits per heavy atom. The van der Waals surface area contributed by atoms with Gasteiger partial charge in [0, 0.05) is 26.0 Å². The highest BCUT2D eigenvalue weighted by molar-refractivity contribution is 5.42. The van der Waals surface area contributed by atoms with E-state index in [1.807, 2.05) is 42.6 Å². The van der Waals surface area contributed by atoms with Gasteiger partial charge in [-0.25, -0.2) is 4.98 Å². The van der Waals surface area contributed by atoms with Crippen molar-refractivity contribution in [1.82, 2.24) is 19.3 Å². The van der Waals surface area contributed by atoms with Crippen LogP contribution in [0.25, 0.3) is 5.65 Å². The highest BCUT2D eigenvalue weighted by Crippen LogP contribution is 2.21. The van der Waals surface area contributed by atoms with E-state index >= 15 is 0 Å². The van der Waals surface area contributed by atoms with Crippen LogP contribution >= 0.6 is 0 Å². The topological polar surface area (TPSA) is 42.7 Å². The van der Waals surface area contributed by atoms with E-state index in [0.717, 1.165) is 23.6 Å². The van der Waals surface area contributed by atoms with Crippen LogP contribution in [0.4, 0.5) is 0 Å². The molecular weight excluding hydrogens is 288 g/mol. The smallest absolute Gasteiger partial charge is 0.137 e. The lowest BCUT2D eigenvalue weighted by atomic mass is 10.1. The molecule has 0 N–H and O–H groups in total. The van der Waals surface area contributed by atoms with Crippen LogP contribution in [0.2, 0.25) is 0 Å². The first kappa shape index (κ1) is 15.6. The molecule has 3 aromatic rings. The second-order valence-corrected chi connectivity index (χ2v) is 5.71. The summed E-state index contributed by atoms with van der Waals surface area (Å²) in [5.74, 6) is 0. The molecule has 0 aliphatic rings. The molecule has 0 spiro atoms. The molecular formula is C18H22N4O. The summed E-state index contributed by atoms with van der Waals surface area (Å²) in [5, 5.41) is 0. The molecule has 0 fully saturated rings. The van der Waals surface area contributed by atoms with Gasteiger partial charge >= 0.3 is 0 Å². The van der Waals surface area contributed by atoms with E-state index in [2.05, 4.69) is 39.4 Å². The average Bonchev–Trinajstić information content (AvgIpc) is 2.89. The Kier molecular flexibility index (Phi) is 4.69. The van der Waals surface area contributed by atoms with Crippen LogP contribution in [-0.2, 0) is 11.3 Å². The van der Waals surface area contributed by atoms with Crippen LogP contribution in [0.5, 0.6) is 0 Å². The van der Waals surface area contributed by atoms with Gasteiger partial charge < -0.3 is 9.14 Å². The number of likely N-dealkylation sites (N-methyl/N-ethyl adjacent to an activating group) is 1. The predicted octanol–water partition coefficient (Wildman–Crippen LogP) is 2.86. The molecule has 3 aromatic heterocycles. The minimum Gasteiger partial charge on any atom is -0.383 e. The Labute approximate surface area is 136 Å². The van der Waals surface area contributed by atoms with Crippen LogP contribution in [0.3, 0.4) is 0 Å². The predicted molar refractivity (Wildman–Crippen MR) is 90.3 cm³/mol. The van der Waals surface area contributed by atoms with E-state index in [0.29, 0.717) is 6.61 Å². The summed E-state index contributed by atoms with van der Waals surface area (Å²) in [6.07, 6.45) is 3.88. The number of hydrogen-bond acceptors (Lipinski definition) is 4. The lowest BCUT2D eigenvalue weighted by molar-refractivity contribution is 0.0990. The lowest BCUT2D eigenvalue weighted by Gasteiger charge is -2.27. The monoisotopic (exact) mass is 310 g/mol. The maximum atomic E-state index is 5.41. The van der Waals surface area contributed by atoms with Crippen LogP contribution < -0.4 is 0 Å². The van der Waals surface area contributed by atoms with Crippen molar-refractivity contribution in [3.8, 4) is 0 Å². The van der Waals surface area contributed by atoms with Gasteiger partial charge in [0.05, 0.1) is 29.7 Å². The molecule has 0 saturated carbocycles. The van der Waals surface area contributed by atoms with Gasteiger partial charge in [0.25, 0.3) is 0 Å². The van der Waals surface area contributed by atoms with E-state index in [1.165, 1.54) is 5.69 Å². The van der Waals surface area contributed by atoms with Gasteiger partial charge in [0.15, 0.2) is 0 Å². The van der Waals surface area contributed by atoms with Gasteiger partial charge in [-0.15, -0.1) is 0 Å². The van der Waals surface area contributed by atoms with E-state index in [-0.39, 0.29) is 6.04 Å². The van der Waals surface area contributed by atoms with Crippen molar-refractivity contribution in [2.45, 2.75) is 19.5 Å². The average molecular weight is 310 g/mol. The van der Waals surface area contributed by atoms with Crippen molar-refractivity contribution in [2.75, 3.05) is 20.8 Å². The molecule has 0 bridgehead atoms. The first-order chi connectivity index (χ1) is 11.2. The molecule has 120 valence electrons. The third kappa shape index (κ3) is 3.25. The van der Waals surface area contributed by atoms with Gasteiger partial charge in [-0.05, 0) is 38.2 Å². The molecule has 0 radical (unpaired) electrons. The molecule has 1 atom stereocenters. The number of aryl methyl sites for hydroxylation is 1. The number of hydrogen-bond donors (Lipinski definition) is 0. The highest BCUT2D eigenvalue weighted by atomic mass is 16.5. The molecule has 0 saturated heterocycles. The van der Waals surface area contributed by atoms with Gasteiger partial charge in [0.1, 0.15) is 5.65 Å². The van der Waals surface area contributed by atoms with Crippen molar-refractivity contribution in [3.05, 3.63) is 65.9 Å². The van der Waals surface area contributed by atoms with Gasteiger partial charge in [-0.2, -0.15) is 0 Å². The summed E-state index contributed by atoms with van der Waals surface area (Å²) in [5.41, 5.74) is 4.25. The van der Waals surface area contributed by atoms with Gasteiger partial charge in [0.2, 0.25) is 0 Å². The highest BCUT2D eigenvalue weighted by Gasteiger charge is 2.20. The number of ether oxygens (including phenoxy) is 1. The van der Waals surface area contributed by atoms with Crippen LogP contribution in [0, 0.1) is 6.92 Å². The van der Waals surface area contributed by atoms with Gasteiger partial charge in [-0.3, -0.25) is 9.88 Å². The van der Waals surface area contributed by atoms with E-state index in [4.69, 9.17) is 4.74 Å². The molecule has 5 nitrogen and oxygen atoms in total. The van der Waals surface area contributed by atoms with Crippen molar-refractivity contribution >= 4 is 5.65 Å². The standard InChI is InChI=1S/C18H22N4O/c1-14-16(22-11-7-5-9-18(22)20-14)12-21(2)17(13-23-3)15-8-4-6-10-19-15/h4-11,17H,12-13H2,1-3H3/t17-/m0/s1. The first-order valence-electron chi connectivity index (χ1n) is 7.73. The Balaban J connectivity index is 1.89. The second kappa shape index (κ2) is 6.89. The number of pyridine rings is 2. The fourth-order valence-electron chi connectivity index (χ4n) is 2.87. The first-order valence-corrected chi connectivity index (χ1v) is 7.73. The lowest BCUT2D eigenvalue weighted by Crippen LogP contribution is -2.29. The molecule has 5 heteroatoms. The molecule has 3 rings (SSSR count). The molecule has 0 aromatic carbocycles. The number of methoxy groups -OCH3 is 1. The number of fused-ring (bicyclic) bond motifs is 1. The largest absolute Gasteiger partial charge is 0.383 e. The molecule has 0 aliphatic carbocycles.